The number of aromatic hydroxyl groups is 1. The molecule has 1 aromatic heterocycles. The van der Waals surface area contributed by atoms with E-state index in [1.165, 1.54) is 23.5 Å². The number of hydrogen-bond acceptors (Lipinski definition) is 6. The van der Waals surface area contributed by atoms with E-state index in [1.807, 2.05) is 17.5 Å². The van der Waals surface area contributed by atoms with Crippen LogP contribution in [0, 0.1) is 0 Å². The summed E-state index contributed by atoms with van der Waals surface area (Å²) in [6.07, 6.45) is 0.710. The Morgan fingerprint density at radius 3 is 2.78 bits per heavy atom. The number of phenols is 1. The molecule has 1 amide bonds. The highest BCUT2D eigenvalue weighted by Crippen LogP contribution is 2.41. The number of carbonyl (C=O) groups is 2. The number of ether oxygens (including phenoxy) is 1. The smallest absolute Gasteiger partial charge is 0.303 e. The van der Waals surface area contributed by atoms with Gasteiger partial charge in [-0.15, -0.1) is 11.3 Å². The average molecular weight is 388 g/mol. The van der Waals surface area contributed by atoms with E-state index >= 15 is 0 Å². The number of rotatable bonds is 7. The number of para-hydroxylation sites is 1. The molecule has 2 aromatic rings. The Bertz CT molecular complexity index is 863. The minimum atomic E-state index is -0.936. The van der Waals surface area contributed by atoms with Gasteiger partial charge in [0.05, 0.1) is 23.7 Å². The number of carboxylic acids is 1. The minimum absolute atomic E-state index is 0.0176. The first-order chi connectivity index (χ1) is 13.0. The molecule has 0 radical (unpaired) electrons. The Morgan fingerprint density at radius 1 is 1.30 bits per heavy atom. The standard InChI is InChI=1S/C19H20N2O5S/c1-26-15-6-2-5-12(19(15)25)14-11-13(16-7-4-10-27-16)20-21(14)17(22)8-3-9-18(23)24/h2,4-7,10,14,25H,3,8-9,11H2,1H3,(H,23,24)/t14-/m1/s1. The summed E-state index contributed by atoms with van der Waals surface area (Å²) in [7, 11) is 1.47. The van der Waals surface area contributed by atoms with Gasteiger partial charge in [0.15, 0.2) is 11.5 Å². The molecule has 0 saturated carbocycles. The van der Waals surface area contributed by atoms with Crippen LogP contribution in [0.2, 0.25) is 0 Å². The number of methoxy groups -OCH3 is 1. The number of amides is 1. The van der Waals surface area contributed by atoms with E-state index in [-0.39, 0.29) is 30.9 Å². The van der Waals surface area contributed by atoms with E-state index in [0.717, 1.165) is 10.6 Å². The maximum atomic E-state index is 12.7. The quantitative estimate of drug-likeness (QED) is 0.757. The number of carbonyl (C=O) groups excluding carboxylic acids is 1. The second-order valence-electron chi connectivity index (χ2n) is 6.13. The zero-order valence-corrected chi connectivity index (χ0v) is 15.6. The van der Waals surface area contributed by atoms with Crippen LogP contribution in [0.5, 0.6) is 11.5 Å². The summed E-state index contributed by atoms with van der Waals surface area (Å²) in [6, 6.07) is 8.53. The van der Waals surface area contributed by atoms with Gasteiger partial charge in [0, 0.05) is 24.8 Å². The number of nitrogens with zero attached hydrogens (tertiary/aromatic N) is 2. The van der Waals surface area contributed by atoms with E-state index in [0.29, 0.717) is 17.7 Å². The molecule has 2 heterocycles. The van der Waals surface area contributed by atoms with E-state index < -0.39 is 12.0 Å². The van der Waals surface area contributed by atoms with Gasteiger partial charge in [0.25, 0.3) is 0 Å². The first kappa shape index (κ1) is 18.9. The second kappa shape index (κ2) is 8.22. The number of hydrazone groups is 1. The van der Waals surface area contributed by atoms with Crippen LogP contribution in [0.25, 0.3) is 0 Å². The fraction of sp³-hybridized carbons (Fsp3) is 0.316. The average Bonchev–Trinajstić information content (AvgIpc) is 3.31. The molecular weight excluding hydrogens is 368 g/mol. The number of hydrogen-bond donors (Lipinski definition) is 2. The zero-order valence-electron chi connectivity index (χ0n) is 14.8. The minimum Gasteiger partial charge on any atom is -0.504 e. The lowest BCUT2D eigenvalue weighted by Gasteiger charge is -2.23. The number of benzene rings is 1. The zero-order chi connectivity index (χ0) is 19.4. The van der Waals surface area contributed by atoms with E-state index in [2.05, 4.69) is 5.10 Å². The van der Waals surface area contributed by atoms with Gasteiger partial charge < -0.3 is 14.9 Å². The van der Waals surface area contributed by atoms with Crippen LogP contribution in [0.1, 0.15) is 42.2 Å². The van der Waals surface area contributed by atoms with Gasteiger partial charge in [-0.3, -0.25) is 9.59 Å². The third kappa shape index (κ3) is 4.11. The highest BCUT2D eigenvalue weighted by atomic mass is 32.1. The van der Waals surface area contributed by atoms with Crippen LogP contribution in [-0.4, -0.2) is 39.9 Å². The Balaban J connectivity index is 1.89. The summed E-state index contributed by atoms with van der Waals surface area (Å²) >= 11 is 1.53. The lowest BCUT2D eigenvalue weighted by molar-refractivity contribution is -0.137. The molecule has 1 aromatic carbocycles. The van der Waals surface area contributed by atoms with Crippen molar-refractivity contribution in [1.82, 2.24) is 5.01 Å². The molecule has 0 spiro atoms. The van der Waals surface area contributed by atoms with Gasteiger partial charge in [-0.1, -0.05) is 18.2 Å². The van der Waals surface area contributed by atoms with Crippen molar-refractivity contribution in [2.24, 2.45) is 5.10 Å². The fourth-order valence-electron chi connectivity index (χ4n) is 3.05. The highest BCUT2D eigenvalue weighted by molar-refractivity contribution is 7.12. The number of thiophene rings is 1. The van der Waals surface area contributed by atoms with Gasteiger partial charge >= 0.3 is 5.97 Å². The molecular formula is C19H20N2O5S. The van der Waals surface area contributed by atoms with Crippen LogP contribution < -0.4 is 4.74 Å². The molecule has 1 aliphatic rings. The van der Waals surface area contributed by atoms with Crippen LogP contribution in [0.15, 0.2) is 40.8 Å². The van der Waals surface area contributed by atoms with Crippen molar-refractivity contribution in [2.45, 2.75) is 31.7 Å². The largest absolute Gasteiger partial charge is 0.504 e. The van der Waals surface area contributed by atoms with Crippen LogP contribution in [0.4, 0.5) is 0 Å². The lowest BCUT2D eigenvalue weighted by Crippen LogP contribution is -2.27. The van der Waals surface area contributed by atoms with Crippen molar-refractivity contribution >= 4 is 28.9 Å². The molecule has 1 atom stereocenters. The van der Waals surface area contributed by atoms with E-state index in [4.69, 9.17) is 9.84 Å². The van der Waals surface area contributed by atoms with Gasteiger partial charge in [0.1, 0.15) is 0 Å². The molecule has 1 aliphatic heterocycles. The molecule has 0 bridgehead atoms. The van der Waals surface area contributed by atoms with Crippen LogP contribution >= 0.6 is 11.3 Å². The first-order valence-corrected chi connectivity index (χ1v) is 9.40. The van der Waals surface area contributed by atoms with Crippen molar-refractivity contribution in [2.75, 3.05) is 7.11 Å². The molecule has 3 rings (SSSR count). The first-order valence-electron chi connectivity index (χ1n) is 8.52. The monoisotopic (exact) mass is 388 g/mol. The van der Waals surface area contributed by atoms with E-state index in [1.54, 1.807) is 18.2 Å². The maximum absolute atomic E-state index is 12.7. The van der Waals surface area contributed by atoms with Crippen LogP contribution in [0.3, 0.4) is 0 Å². The fourth-order valence-corrected chi connectivity index (χ4v) is 3.77. The molecule has 142 valence electrons. The molecule has 0 saturated heterocycles. The summed E-state index contributed by atoms with van der Waals surface area (Å²) in [5, 5.41) is 27.1. The van der Waals surface area contributed by atoms with Crippen molar-refractivity contribution in [1.29, 1.82) is 0 Å². The third-order valence-electron chi connectivity index (χ3n) is 4.36. The maximum Gasteiger partial charge on any atom is 0.303 e. The molecule has 0 aliphatic carbocycles. The Kier molecular flexibility index (Phi) is 5.75. The number of carboxylic acid groups (broad SMARTS) is 1. The van der Waals surface area contributed by atoms with Crippen molar-refractivity contribution in [3.05, 3.63) is 46.2 Å². The lowest BCUT2D eigenvalue weighted by atomic mass is 9.99. The predicted molar refractivity (Wildman–Crippen MR) is 101 cm³/mol. The van der Waals surface area contributed by atoms with Gasteiger partial charge in [-0.05, 0) is 23.9 Å². The van der Waals surface area contributed by atoms with Gasteiger partial charge in [-0.2, -0.15) is 5.10 Å². The van der Waals surface area contributed by atoms with Gasteiger partial charge in [-0.25, -0.2) is 5.01 Å². The van der Waals surface area contributed by atoms with E-state index in [9.17, 15) is 14.7 Å². The molecule has 27 heavy (non-hydrogen) atoms. The Hall–Kier alpha value is -2.87. The van der Waals surface area contributed by atoms with Crippen molar-refractivity contribution in [3.8, 4) is 11.5 Å². The topological polar surface area (TPSA) is 99.4 Å². The summed E-state index contributed by atoms with van der Waals surface area (Å²) < 4.78 is 5.18. The normalized spacial score (nSPS) is 16.3. The summed E-state index contributed by atoms with van der Waals surface area (Å²) in [5.74, 6) is -0.893. The number of aliphatic carboxylic acids is 1. The summed E-state index contributed by atoms with van der Waals surface area (Å²) in [4.78, 5) is 24.4. The third-order valence-corrected chi connectivity index (χ3v) is 5.28. The Morgan fingerprint density at radius 2 is 2.11 bits per heavy atom. The summed E-state index contributed by atoms with van der Waals surface area (Å²) in [5.41, 5.74) is 1.32. The highest BCUT2D eigenvalue weighted by Gasteiger charge is 2.35. The van der Waals surface area contributed by atoms with Crippen molar-refractivity contribution in [3.63, 3.8) is 0 Å². The molecule has 0 unspecified atom stereocenters. The molecule has 2 N–H and O–H groups in total. The SMILES string of the molecule is COc1cccc([C@H]2CC(c3cccs3)=NN2C(=O)CCCC(=O)O)c1O. The van der Waals surface area contributed by atoms with Gasteiger partial charge in [0.2, 0.25) is 5.91 Å². The predicted octanol–water partition coefficient (Wildman–Crippen LogP) is 3.39. The molecule has 8 heteroatoms. The molecule has 7 nitrogen and oxygen atoms in total. The van der Waals surface area contributed by atoms with Crippen LogP contribution in [-0.2, 0) is 9.59 Å². The summed E-state index contributed by atoms with van der Waals surface area (Å²) in [6.45, 7) is 0. The Labute approximate surface area is 160 Å². The number of phenolic OH excluding ortho intramolecular Hbond substituents is 1. The van der Waals surface area contributed by atoms with Crippen molar-refractivity contribution < 1.29 is 24.5 Å². The molecule has 0 fully saturated rings. The second-order valence-corrected chi connectivity index (χ2v) is 7.08.